The first-order valence-electron chi connectivity index (χ1n) is 10.8. The van der Waals surface area contributed by atoms with Crippen molar-refractivity contribution in [3.63, 3.8) is 0 Å². The summed E-state index contributed by atoms with van der Waals surface area (Å²) < 4.78 is 14.6. The minimum absolute atomic E-state index is 0.0335. The fourth-order valence-electron chi connectivity index (χ4n) is 4.25. The predicted octanol–water partition coefficient (Wildman–Crippen LogP) is 3.92. The van der Waals surface area contributed by atoms with E-state index in [1.165, 1.54) is 34.4 Å². The van der Waals surface area contributed by atoms with Gasteiger partial charge < -0.3 is 9.80 Å². The van der Waals surface area contributed by atoms with Gasteiger partial charge in [0.25, 0.3) is 5.56 Å². The minimum Gasteiger partial charge on any atom is -0.368 e. The van der Waals surface area contributed by atoms with Crippen LogP contribution in [0.2, 0.25) is 0 Å². The number of aryl methyl sites for hydroxylation is 1. The van der Waals surface area contributed by atoms with Crippen LogP contribution < -0.4 is 10.5 Å². The van der Waals surface area contributed by atoms with Gasteiger partial charge in [-0.05, 0) is 42.3 Å². The third-order valence-electron chi connectivity index (χ3n) is 6.08. The number of amides is 1. The number of carbonyl (C=O) groups excluding carboxylic acids is 1. The average Bonchev–Trinajstić information content (AvgIpc) is 3.19. The lowest BCUT2D eigenvalue weighted by Gasteiger charge is -2.36. The monoisotopic (exact) mass is 462 g/mol. The van der Waals surface area contributed by atoms with Crippen LogP contribution in [0.4, 0.5) is 10.1 Å². The zero-order chi connectivity index (χ0) is 22.9. The molecule has 5 rings (SSSR count). The summed E-state index contributed by atoms with van der Waals surface area (Å²) in [5.74, 6) is -0.367. The first-order valence-corrected chi connectivity index (χ1v) is 11.6. The van der Waals surface area contributed by atoms with Crippen LogP contribution in [0.25, 0.3) is 20.7 Å². The number of aromatic nitrogens is 2. The van der Waals surface area contributed by atoms with E-state index < -0.39 is 0 Å². The van der Waals surface area contributed by atoms with Crippen LogP contribution in [-0.2, 0) is 11.3 Å². The maximum Gasteiger partial charge on any atom is 0.262 e. The van der Waals surface area contributed by atoms with Gasteiger partial charge in [0.2, 0.25) is 5.91 Å². The molecule has 3 heterocycles. The Morgan fingerprint density at radius 1 is 1.03 bits per heavy atom. The first-order chi connectivity index (χ1) is 16.0. The van der Waals surface area contributed by atoms with Crippen molar-refractivity contribution in [1.82, 2.24) is 14.5 Å². The largest absolute Gasteiger partial charge is 0.368 e. The van der Waals surface area contributed by atoms with E-state index in [4.69, 9.17) is 0 Å². The molecule has 2 aromatic heterocycles. The lowest BCUT2D eigenvalue weighted by atomic mass is 10.1. The van der Waals surface area contributed by atoms with E-state index >= 15 is 0 Å². The summed E-state index contributed by atoms with van der Waals surface area (Å²) in [5, 5.41) is 0.579. The molecule has 0 bridgehead atoms. The fraction of sp³-hybridized carbons (Fsp3) is 0.240. The molecule has 1 saturated heterocycles. The Morgan fingerprint density at radius 2 is 1.73 bits per heavy atom. The third-order valence-corrected chi connectivity index (χ3v) is 7.33. The molecule has 0 saturated carbocycles. The molecule has 1 amide bonds. The van der Waals surface area contributed by atoms with Gasteiger partial charge in [0.15, 0.2) is 0 Å². The number of thiophene rings is 1. The van der Waals surface area contributed by atoms with Crippen molar-refractivity contribution >= 4 is 33.1 Å². The normalized spacial score (nSPS) is 14.1. The second-order valence-electron chi connectivity index (χ2n) is 8.12. The molecule has 8 heteroatoms. The van der Waals surface area contributed by atoms with Gasteiger partial charge in [-0.15, -0.1) is 11.3 Å². The maximum atomic E-state index is 13.2. The molecule has 0 unspecified atom stereocenters. The third kappa shape index (κ3) is 4.14. The summed E-state index contributed by atoms with van der Waals surface area (Å²) in [4.78, 5) is 36.2. The first kappa shape index (κ1) is 21.3. The summed E-state index contributed by atoms with van der Waals surface area (Å²) >= 11 is 1.50. The van der Waals surface area contributed by atoms with Crippen molar-refractivity contribution < 1.29 is 9.18 Å². The Balaban J connectivity index is 1.32. The molecule has 1 fully saturated rings. The SMILES string of the molecule is Cc1c(-c2ccccc2)sc2ncn(CC(=O)N3CCN(c4ccc(F)cc4)CC3)c(=O)c12. The Morgan fingerprint density at radius 3 is 2.42 bits per heavy atom. The second kappa shape index (κ2) is 8.78. The Hall–Kier alpha value is -3.52. The lowest BCUT2D eigenvalue weighted by molar-refractivity contribution is -0.132. The van der Waals surface area contributed by atoms with E-state index in [0.717, 1.165) is 21.7 Å². The van der Waals surface area contributed by atoms with Crippen LogP contribution in [-0.4, -0.2) is 46.5 Å². The maximum absolute atomic E-state index is 13.2. The molecule has 0 N–H and O–H groups in total. The highest BCUT2D eigenvalue weighted by Crippen LogP contribution is 2.35. The number of nitrogens with zero attached hydrogens (tertiary/aromatic N) is 4. The highest BCUT2D eigenvalue weighted by atomic mass is 32.1. The molecule has 1 aliphatic rings. The molecule has 0 atom stereocenters. The molecular weight excluding hydrogens is 439 g/mol. The minimum atomic E-state index is -0.264. The number of halogens is 1. The molecule has 4 aromatic rings. The second-order valence-corrected chi connectivity index (χ2v) is 9.12. The van der Waals surface area contributed by atoms with E-state index in [-0.39, 0.29) is 23.8 Å². The highest BCUT2D eigenvalue weighted by molar-refractivity contribution is 7.22. The highest BCUT2D eigenvalue weighted by Gasteiger charge is 2.23. The van der Waals surface area contributed by atoms with Gasteiger partial charge in [0.05, 0.1) is 11.7 Å². The number of rotatable bonds is 4. The van der Waals surface area contributed by atoms with Crippen LogP contribution in [0, 0.1) is 12.7 Å². The van der Waals surface area contributed by atoms with E-state index in [9.17, 15) is 14.0 Å². The van der Waals surface area contributed by atoms with Crippen molar-refractivity contribution in [3.8, 4) is 10.4 Å². The molecule has 0 spiro atoms. The van der Waals surface area contributed by atoms with Gasteiger partial charge in [-0.3, -0.25) is 14.2 Å². The lowest BCUT2D eigenvalue weighted by Crippen LogP contribution is -2.50. The molecule has 6 nitrogen and oxygen atoms in total. The molecular formula is C25H23FN4O2S. The quantitative estimate of drug-likeness (QED) is 0.461. The van der Waals surface area contributed by atoms with Crippen molar-refractivity contribution in [1.29, 1.82) is 0 Å². The fourth-order valence-corrected chi connectivity index (χ4v) is 5.39. The number of piperazine rings is 1. The van der Waals surface area contributed by atoms with Gasteiger partial charge in [0, 0.05) is 36.7 Å². The summed E-state index contributed by atoms with van der Waals surface area (Å²) in [6.07, 6.45) is 1.47. The zero-order valence-corrected chi connectivity index (χ0v) is 19.0. The van der Waals surface area contributed by atoms with Gasteiger partial charge in [-0.1, -0.05) is 30.3 Å². The molecule has 0 aliphatic carbocycles. The Labute approximate surface area is 194 Å². The standard InChI is InChI=1S/C25H23FN4O2S/c1-17-22-24(33-23(17)18-5-3-2-4-6-18)27-16-30(25(22)32)15-21(31)29-13-11-28(12-14-29)20-9-7-19(26)8-10-20/h2-10,16H,11-15H2,1H3. The molecule has 2 aromatic carbocycles. The van der Waals surface area contributed by atoms with Gasteiger partial charge >= 0.3 is 0 Å². The van der Waals surface area contributed by atoms with E-state index in [2.05, 4.69) is 9.88 Å². The van der Waals surface area contributed by atoms with Gasteiger partial charge in [-0.2, -0.15) is 0 Å². The van der Waals surface area contributed by atoms with Gasteiger partial charge in [-0.25, -0.2) is 9.37 Å². The number of hydrogen-bond donors (Lipinski definition) is 0. The summed E-state index contributed by atoms with van der Waals surface area (Å²) in [6, 6.07) is 16.3. The Kier molecular flexibility index (Phi) is 5.68. The van der Waals surface area contributed by atoms with E-state index in [1.54, 1.807) is 17.0 Å². The van der Waals surface area contributed by atoms with Crippen molar-refractivity contribution in [2.45, 2.75) is 13.5 Å². The number of fused-ring (bicyclic) bond motifs is 1. The van der Waals surface area contributed by atoms with Gasteiger partial charge in [0.1, 0.15) is 17.2 Å². The van der Waals surface area contributed by atoms with Crippen molar-refractivity contribution in [3.05, 3.63) is 82.7 Å². The molecule has 1 aliphatic heterocycles. The number of carbonyl (C=O) groups is 1. The summed E-state index contributed by atoms with van der Waals surface area (Å²) in [7, 11) is 0. The molecule has 0 radical (unpaired) electrons. The Bertz CT molecular complexity index is 1360. The summed E-state index contributed by atoms with van der Waals surface area (Å²) in [5.41, 5.74) is 2.71. The smallest absolute Gasteiger partial charge is 0.262 e. The number of hydrogen-bond acceptors (Lipinski definition) is 5. The van der Waals surface area contributed by atoms with E-state index in [0.29, 0.717) is 36.4 Å². The van der Waals surface area contributed by atoms with Crippen LogP contribution in [0.3, 0.4) is 0 Å². The van der Waals surface area contributed by atoms with Crippen LogP contribution in [0.15, 0.2) is 65.7 Å². The molecule has 168 valence electrons. The van der Waals surface area contributed by atoms with E-state index in [1.807, 2.05) is 37.3 Å². The zero-order valence-electron chi connectivity index (χ0n) is 18.2. The number of benzene rings is 2. The topological polar surface area (TPSA) is 58.4 Å². The molecule has 33 heavy (non-hydrogen) atoms. The number of anilines is 1. The van der Waals surface area contributed by atoms with Crippen molar-refractivity contribution in [2.24, 2.45) is 0 Å². The van der Waals surface area contributed by atoms with Crippen LogP contribution in [0.1, 0.15) is 5.56 Å². The van der Waals surface area contributed by atoms with Crippen molar-refractivity contribution in [2.75, 3.05) is 31.1 Å². The summed E-state index contributed by atoms with van der Waals surface area (Å²) in [6.45, 7) is 4.33. The predicted molar refractivity (Wildman–Crippen MR) is 129 cm³/mol. The van der Waals surface area contributed by atoms with Crippen LogP contribution >= 0.6 is 11.3 Å². The average molecular weight is 463 g/mol. The van der Waals surface area contributed by atoms with Crippen LogP contribution in [0.5, 0.6) is 0 Å².